The van der Waals surface area contributed by atoms with Gasteiger partial charge in [0, 0.05) is 30.9 Å². The Labute approximate surface area is 114 Å². The van der Waals surface area contributed by atoms with Crippen LogP contribution in [0.1, 0.15) is 19.0 Å². The van der Waals surface area contributed by atoms with E-state index in [4.69, 9.17) is 5.73 Å². The number of pyridine rings is 1. The number of nitrogens with one attached hydrogen (secondary N) is 1. The molecule has 0 bridgehead atoms. The summed E-state index contributed by atoms with van der Waals surface area (Å²) in [6.07, 6.45) is 2.86. The van der Waals surface area contributed by atoms with Crippen LogP contribution < -0.4 is 11.1 Å². The lowest BCUT2D eigenvalue weighted by Gasteiger charge is -2.10. The van der Waals surface area contributed by atoms with Crippen molar-refractivity contribution in [3.63, 3.8) is 0 Å². The number of nitrogens with two attached hydrogens (primary N) is 1. The smallest absolute Gasteiger partial charge is 0.220 e. The Bertz CT molecular complexity index is 309. The minimum Gasteiger partial charge on any atom is -0.352 e. The molecule has 0 saturated heterocycles. The van der Waals surface area contributed by atoms with Crippen molar-refractivity contribution in [3.05, 3.63) is 30.1 Å². The highest BCUT2D eigenvalue weighted by Gasteiger charge is 2.05. The van der Waals surface area contributed by atoms with Crippen LogP contribution in [0.25, 0.3) is 0 Å². The Morgan fingerprint density at radius 1 is 1.47 bits per heavy atom. The third-order valence-electron chi connectivity index (χ3n) is 2.10. The fraction of sp³-hybridized carbons (Fsp3) is 0.455. The molecule has 0 aliphatic rings. The highest BCUT2D eigenvalue weighted by atomic mass is 35.5. The van der Waals surface area contributed by atoms with Crippen molar-refractivity contribution in [2.24, 2.45) is 5.73 Å². The summed E-state index contributed by atoms with van der Waals surface area (Å²) in [6.45, 7) is 2.36. The number of carbonyl (C=O) groups excluding carboxylic acids is 1. The van der Waals surface area contributed by atoms with E-state index in [1.807, 2.05) is 25.1 Å². The SMILES string of the molecule is C[C@@H](CN)NC(=O)CCc1ccccn1.Cl.Cl. The quantitative estimate of drug-likeness (QED) is 0.854. The first kappa shape index (κ1) is 18.5. The van der Waals surface area contributed by atoms with E-state index in [0.717, 1.165) is 5.69 Å². The molecule has 1 heterocycles. The van der Waals surface area contributed by atoms with Crippen LogP contribution in [-0.4, -0.2) is 23.5 Å². The van der Waals surface area contributed by atoms with E-state index in [2.05, 4.69) is 10.3 Å². The van der Waals surface area contributed by atoms with Crippen molar-refractivity contribution in [2.45, 2.75) is 25.8 Å². The van der Waals surface area contributed by atoms with Gasteiger partial charge >= 0.3 is 0 Å². The third kappa shape index (κ3) is 7.96. The first-order valence-corrected chi connectivity index (χ1v) is 5.11. The van der Waals surface area contributed by atoms with Crippen molar-refractivity contribution < 1.29 is 4.79 Å². The van der Waals surface area contributed by atoms with E-state index < -0.39 is 0 Å². The monoisotopic (exact) mass is 279 g/mol. The Morgan fingerprint density at radius 2 is 2.18 bits per heavy atom. The molecular weight excluding hydrogens is 261 g/mol. The van der Waals surface area contributed by atoms with Gasteiger partial charge in [-0.2, -0.15) is 0 Å². The van der Waals surface area contributed by atoms with Gasteiger partial charge in [-0.1, -0.05) is 6.07 Å². The van der Waals surface area contributed by atoms with E-state index in [9.17, 15) is 4.79 Å². The normalized spacial score (nSPS) is 10.7. The van der Waals surface area contributed by atoms with E-state index in [1.165, 1.54) is 0 Å². The topological polar surface area (TPSA) is 68.0 Å². The average Bonchev–Trinajstić information content (AvgIpc) is 2.27. The van der Waals surface area contributed by atoms with Crippen LogP contribution in [-0.2, 0) is 11.2 Å². The summed E-state index contributed by atoms with van der Waals surface area (Å²) in [4.78, 5) is 15.5. The zero-order chi connectivity index (χ0) is 11.1. The summed E-state index contributed by atoms with van der Waals surface area (Å²) in [5.41, 5.74) is 6.34. The van der Waals surface area contributed by atoms with Crippen LogP contribution >= 0.6 is 24.8 Å². The molecule has 0 spiro atoms. The van der Waals surface area contributed by atoms with Gasteiger partial charge in [-0.05, 0) is 25.5 Å². The van der Waals surface area contributed by atoms with Crippen LogP contribution in [0.2, 0.25) is 0 Å². The van der Waals surface area contributed by atoms with Crippen LogP contribution in [0.4, 0.5) is 0 Å². The average molecular weight is 280 g/mol. The molecular formula is C11H19Cl2N3O. The minimum absolute atomic E-state index is 0. The third-order valence-corrected chi connectivity index (χ3v) is 2.10. The largest absolute Gasteiger partial charge is 0.352 e. The molecule has 0 fully saturated rings. The maximum absolute atomic E-state index is 11.4. The summed E-state index contributed by atoms with van der Waals surface area (Å²) < 4.78 is 0. The number of carbonyl (C=O) groups is 1. The van der Waals surface area contributed by atoms with E-state index >= 15 is 0 Å². The molecule has 0 unspecified atom stereocenters. The second-order valence-electron chi connectivity index (χ2n) is 3.53. The zero-order valence-electron chi connectivity index (χ0n) is 9.76. The predicted octanol–water partition coefficient (Wildman–Crippen LogP) is 1.32. The molecule has 0 aliphatic heterocycles. The number of aryl methyl sites for hydroxylation is 1. The Hall–Kier alpha value is -0.840. The summed E-state index contributed by atoms with van der Waals surface area (Å²) in [6, 6.07) is 5.74. The lowest BCUT2D eigenvalue weighted by Crippen LogP contribution is -2.37. The number of rotatable bonds is 5. The van der Waals surface area contributed by atoms with E-state index in [1.54, 1.807) is 6.20 Å². The molecule has 1 rings (SSSR count). The molecule has 0 aromatic carbocycles. The van der Waals surface area contributed by atoms with Crippen molar-refractivity contribution in [1.29, 1.82) is 0 Å². The van der Waals surface area contributed by atoms with Crippen molar-refractivity contribution in [2.75, 3.05) is 6.54 Å². The fourth-order valence-corrected chi connectivity index (χ4v) is 1.19. The maximum atomic E-state index is 11.4. The van der Waals surface area contributed by atoms with Crippen molar-refractivity contribution in [1.82, 2.24) is 10.3 Å². The molecule has 6 heteroatoms. The summed E-state index contributed by atoms with van der Waals surface area (Å²) in [5, 5.41) is 2.81. The minimum atomic E-state index is 0. The standard InChI is InChI=1S/C11H17N3O.2ClH/c1-9(8-12)14-11(15)6-5-10-4-2-3-7-13-10;;/h2-4,7,9H,5-6,8,12H2,1H3,(H,14,15);2*1H/t9-;;/m0../s1. The number of amides is 1. The Morgan fingerprint density at radius 3 is 2.71 bits per heavy atom. The number of hydrogen-bond donors (Lipinski definition) is 2. The molecule has 17 heavy (non-hydrogen) atoms. The molecule has 1 amide bonds. The zero-order valence-corrected chi connectivity index (χ0v) is 11.4. The molecule has 4 nitrogen and oxygen atoms in total. The van der Waals surface area contributed by atoms with Crippen LogP contribution in [0.3, 0.4) is 0 Å². The van der Waals surface area contributed by atoms with Gasteiger partial charge in [0.25, 0.3) is 0 Å². The van der Waals surface area contributed by atoms with Gasteiger partial charge in [-0.25, -0.2) is 0 Å². The maximum Gasteiger partial charge on any atom is 0.220 e. The van der Waals surface area contributed by atoms with Gasteiger partial charge in [-0.15, -0.1) is 24.8 Å². The van der Waals surface area contributed by atoms with Gasteiger partial charge in [0.2, 0.25) is 5.91 Å². The van der Waals surface area contributed by atoms with Crippen molar-refractivity contribution >= 4 is 30.7 Å². The lowest BCUT2D eigenvalue weighted by molar-refractivity contribution is -0.121. The number of halogens is 2. The Balaban J connectivity index is 0. The number of hydrogen-bond acceptors (Lipinski definition) is 3. The molecule has 1 aromatic rings. The molecule has 0 radical (unpaired) electrons. The molecule has 98 valence electrons. The van der Waals surface area contributed by atoms with E-state index in [-0.39, 0.29) is 36.8 Å². The lowest BCUT2D eigenvalue weighted by atomic mass is 10.2. The molecule has 1 aromatic heterocycles. The van der Waals surface area contributed by atoms with E-state index in [0.29, 0.717) is 19.4 Å². The summed E-state index contributed by atoms with van der Waals surface area (Å²) in [7, 11) is 0. The Kier molecular flexibility index (Phi) is 11.2. The summed E-state index contributed by atoms with van der Waals surface area (Å²) >= 11 is 0. The fourth-order valence-electron chi connectivity index (χ4n) is 1.19. The second kappa shape index (κ2) is 10.3. The first-order valence-electron chi connectivity index (χ1n) is 5.11. The van der Waals surface area contributed by atoms with Crippen LogP contribution in [0, 0.1) is 0 Å². The van der Waals surface area contributed by atoms with Crippen LogP contribution in [0.15, 0.2) is 24.4 Å². The highest BCUT2D eigenvalue weighted by molar-refractivity contribution is 5.85. The number of nitrogens with zero attached hydrogens (tertiary/aromatic N) is 1. The molecule has 0 aliphatic carbocycles. The van der Waals surface area contributed by atoms with Gasteiger partial charge in [0.05, 0.1) is 0 Å². The van der Waals surface area contributed by atoms with Gasteiger partial charge in [0.1, 0.15) is 0 Å². The van der Waals surface area contributed by atoms with Crippen molar-refractivity contribution in [3.8, 4) is 0 Å². The highest BCUT2D eigenvalue weighted by Crippen LogP contribution is 1.98. The second-order valence-corrected chi connectivity index (χ2v) is 3.53. The summed E-state index contributed by atoms with van der Waals surface area (Å²) in [5.74, 6) is 0.0265. The first-order chi connectivity index (χ1) is 7.22. The van der Waals surface area contributed by atoms with Gasteiger partial charge in [-0.3, -0.25) is 9.78 Å². The predicted molar refractivity (Wildman–Crippen MR) is 73.7 cm³/mol. The van der Waals surface area contributed by atoms with Gasteiger partial charge < -0.3 is 11.1 Å². The van der Waals surface area contributed by atoms with Crippen LogP contribution in [0.5, 0.6) is 0 Å². The number of aromatic nitrogens is 1. The van der Waals surface area contributed by atoms with Gasteiger partial charge in [0.15, 0.2) is 0 Å². The molecule has 1 atom stereocenters. The molecule has 3 N–H and O–H groups in total. The molecule has 0 saturated carbocycles.